The first kappa shape index (κ1) is 21.6. The highest BCUT2D eigenvalue weighted by Crippen LogP contribution is 2.55. The molecule has 1 aliphatic heterocycles. The maximum absolute atomic E-state index is 13.7. The smallest absolute Gasteiger partial charge is 0.250 e. The monoisotopic (exact) mass is 441 g/mol. The minimum atomic E-state index is -0.767. The average Bonchev–Trinajstić information content (AvgIpc) is 3.16. The fourth-order valence-electron chi connectivity index (χ4n) is 5.30. The molecule has 0 aromatic heterocycles. The zero-order valence-electron chi connectivity index (χ0n) is 18.9. The number of carbonyl (C=O) groups excluding carboxylic acids is 1. The lowest BCUT2D eigenvalue weighted by molar-refractivity contribution is -0.263. The van der Waals surface area contributed by atoms with Gasteiger partial charge in [-0.15, -0.1) is 0 Å². The molecule has 0 spiro atoms. The average molecular weight is 442 g/mol. The Hall–Kier alpha value is -3.25. The zero-order chi connectivity index (χ0) is 22.8. The van der Waals surface area contributed by atoms with E-state index in [0.29, 0.717) is 13.2 Å². The van der Waals surface area contributed by atoms with Gasteiger partial charge in [-0.25, -0.2) is 9.78 Å². The maximum Gasteiger partial charge on any atom is 0.250 e. The molecule has 2 aliphatic rings. The van der Waals surface area contributed by atoms with Crippen LogP contribution in [0.15, 0.2) is 90.5 Å². The number of nitrogens with zero attached hydrogens (tertiary/aromatic N) is 1. The minimum absolute atomic E-state index is 0.0398. The number of fused-ring (bicyclic) bond motifs is 3. The standard InChI is InChI=1S/C28H27NO4/c1-20(16-17-33-31-2)26-18-32-19-27(30)29(26)28(21-10-4-3-5-11-21)24-14-8-6-12-22(24)23-13-7-9-15-25(23)28/h3-16,26H,17-19H2,1-2H3/b20-16-. The first-order valence-electron chi connectivity index (χ1n) is 11.2. The van der Waals surface area contributed by atoms with Crippen molar-refractivity contribution in [3.05, 3.63) is 107 Å². The number of carbonyl (C=O) groups is 1. The molecule has 168 valence electrons. The summed E-state index contributed by atoms with van der Waals surface area (Å²) >= 11 is 0. The van der Waals surface area contributed by atoms with Gasteiger partial charge >= 0.3 is 0 Å². The van der Waals surface area contributed by atoms with E-state index in [-0.39, 0.29) is 18.6 Å². The van der Waals surface area contributed by atoms with Crippen LogP contribution in [0.5, 0.6) is 0 Å². The molecular formula is C28H27NO4. The highest BCUT2D eigenvalue weighted by atomic mass is 17.2. The van der Waals surface area contributed by atoms with Crippen LogP contribution in [0.2, 0.25) is 0 Å². The van der Waals surface area contributed by atoms with Gasteiger partial charge in [0.25, 0.3) is 0 Å². The van der Waals surface area contributed by atoms with Gasteiger partial charge in [-0.05, 0) is 34.7 Å². The van der Waals surface area contributed by atoms with E-state index < -0.39 is 5.54 Å². The zero-order valence-corrected chi connectivity index (χ0v) is 18.9. The van der Waals surface area contributed by atoms with Crippen LogP contribution in [0.3, 0.4) is 0 Å². The molecule has 3 aromatic rings. The minimum Gasteiger partial charge on any atom is -0.369 e. The van der Waals surface area contributed by atoms with E-state index in [0.717, 1.165) is 33.4 Å². The lowest BCUT2D eigenvalue weighted by Crippen LogP contribution is -2.60. The van der Waals surface area contributed by atoms with Crippen molar-refractivity contribution in [3.63, 3.8) is 0 Å². The van der Waals surface area contributed by atoms with Crippen LogP contribution in [0, 0.1) is 0 Å². The molecule has 1 saturated heterocycles. The van der Waals surface area contributed by atoms with Gasteiger partial charge in [0.15, 0.2) is 0 Å². The summed E-state index contributed by atoms with van der Waals surface area (Å²) in [6, 6.07) is 26.9. The molecule has 5 heteroatoms. The Bertz CT molecular complexity index is 1140. The molecule has 3 aromatic carbocycles. The molecule has 0 radical (unpaired) electrons. The summed E-state index contributed by atoms with van der Waals surface area (Å²) in [5, 5.41) is 0. The quantitative estimate of drug-likeness (QED) is 0.241. The van der Waals surface area contributed by atoms with Crippen LogP contribution >= 0.6 is 0 Å². The molecule has 0 saturated carbocycles. The lowest BCUT2D eigenvalue weighted by atomic mass is 9.77. The number of ether oxygens (including phenoxy) is 1. The van der Waals surface area contributed by atoms with Gasteiger partial charge in [-0.3, -0.25) is 4.79 Å². The molecule has 1 fully saturated rings. The molecule has 0 bridgehead atoms. The third-order valence-electron chi connectivity index (χ3n) is 6.68. The second-order valence-corrected chi connectivity index (χ2v) is 8.36. The van der Waals surface area contributed by atoms with Crippen molar-refractivity contribution in [3.8, 4) is 11.1 Å². The van der Waals surface area contributed by atoms with Crippen molar-refractivity contribution in [2.24, 2.45) is 0 Å². The van der Waals surface area contributed by atoms with Crippen molar-refractivity contribution >= 4 is 5.91 Å². The van der Waals surface area contributed by atoms with Crippen molar-refractivity contribution in [1.29, 1.82) is 0 Å². The summed E-state index contributed by atoms with van der Waals surface area (Å²) in [5.41, 5.74) is 5.81. The van der Waals surface area contributed by atoms with Gasteiger partial charge in [0.05, 0.1) is 19.8 Å². The summed E-state index contributed by atoms with van der Waals surface area (Å²) in [7, 11) is 1.49. The van der Waals surface area contributed by atoms with E-state index in [1.807, 2.05) is 36.1 Å². The molecule has 33 heavy (non-hydrogen) atoms. The molecule has 1 aliphatic carbocycles. The van der Waals surface area contributed by atoms with Crippen molar-refractivity contribution in [2.75, 3.05) is 26.9 Å². The molecule has 5 rings (SSSR count). The van der Waals surface area contributed by atoms with E-state index in [9.17, 15) is 4.79 Å². The lowest BCUT2D eigenvalue weighted by Gasteiger charge is -2.49. The summed E-state index contributed by atoms with van der Waals surface area (Å²) in [4.78, 5) is 25.6. The molecule has 1 amide bonds. The van der Waals surface area contributed by atoms with Gasteiger partial charge in [0.1, 0.15) is 18.8 Å². The molecule has 0 N–H and O–H groups in total. The summed E-state index contributed by atoms with van der Waals surface area (Å²) < 4.78 is 5.76. The van der Waals surface area contributed by atoms with Gasteiger partial charge in [-0.2, -0.15) is 0 Å². The van der Waals surface area contributed by atoms with Crippen LogP contribution < -0.4 is 0 Å². The number of amides is 1. The van der Waals surface area contributed by atoms with Crippen LogP contribution in [-0.2, 0) is 24.8 Å². The third kappa shape index (κ3) is 3.40. The first-order chi connectivity index (χ1) is 16.2. The second kappa shape index (κ2) is 8.94. The molecular weight excluding hydrogens is 414 g/mol. The normalized spacial score (nSPS) is 19.3. The van der Waals surface area contributed by atoms with Crippen LogP contribution in [0.25, 0.3) is 11.1 Å². The Kier molecular flexibility index (Phi) is 5.85. The Morgan fingerprint density at radius 3 is 2.24 bits per heavy atom. The Morgan fingerprint density at radius 2 is 1.61 bits per heavy atom. The van der Waals surface area contributed by atoms with Gasteiger partial charge in [0.2, 0.25) is 5.91 Å². The van der Waals surface area contributed by atoms with Crippen LogP contribution in [-0.4, -0.2) is 43.8 Å². The van der Waals surface area contributed by atoms with E-state index >= 15 is 0 Å². The highest BCUT2D eigenvalue weighted by molar-refractivity contribution is 5.89. The van der Waals surface area contributed by atoms with E-state index in [1.165, 1.54) is 7.11 Å². The van der Waals surface area contributed by atoms with Crippen molar-refractivity contribution < 1.29 is 19.3 Å². The van der Waals surface area contributed by atoms with E-state index in [1.54, 1.807) is 0 Å². The largest absolute Gasteiger partial charge is 0.369 e. The number of hydrogen-bond donors (Lipinski definition) is 0. The topological polar surface area (TPSA) is 48.0 Å². The predicted octanol–water partition coefficient (Wildman–Crippen LogP) is 4.71. The van der Waals surface area contributed by atoms with E-state index in [2.05, 4.69) is 60.7 Å². The second-order valence-electron chi connectivity index (χ2n) is 8.36. The number of rotatable bonds is 6. The summed E-state index contributed by atoms with van der Waals surface area (Å²) in [6.45, 7) is 2.79. The fourth-order valence-corrected chi connectivity index (χ4v) is 5.30. The predicted molar refractivity (Wildman–Crippen MR) is 126 cm³/mol. The number of hydrogen-bond acceptors (Lipinski definition) is 4. The first-order valence-corrected chi connectivity index (χ1v) is 11.2. The Balaban J connectivity index is 1.80. The highest BCUT2D eigenvalue weighted by Gasteiger charge is 2.54. The number of morpholine rings is 1. The van der Waals surface area contributed by atoms with Gasteiger partial charge < -0.3 is 9.64 Å². The summed E-state index contributed by atoms with van der Waals surface area (Å²) in [6.07, 6.45) is 1.95. The van der Waals surface area contributed by atoms with Gasteiger partial charge in [-0.1, -0.05) is 90.5 Å². The third-order valence-corrected chi connectivity index (χ3v) is 6.68. The molecule has 1 heterocycles. The molecule has 5 nitrogen and oxygen atoms in total. The maximum atomic E-state index is 13.7. The van der Waals surface area contributed by atoms with E-state index in [4.69, 9.17) is 14.5 Å². The molecule has 1 unspecified atom stereocenters. The Morgan fingerprint density at radius 1 is 1.00 bits per heavy atom. The fraction of sp³-hybridized carbons (Fsp3) is 0.250. The Labute approximate surface area is 194 Å². The van der Waals surface area contributed by atoms with Crippen molar-refractivity contribution in [2.45, 2.75) is 18.5 Å². The van der Waals surface area contributed by atoms with Gasteiger partial charge in [0, 0.05) is 0 Å². The summed E-state index contributed by atoms with van der Waals surface area (Å²) in [5.74, 6) is -0.0398. The SMILES string of the molecule is COOC/C=C(/C)C1COCC(=O)N1C1(c2ccccc2)c2ccccc2-c2ccccc21. The molecule has 1 atom stereocenters. The van der Waals surface area contributed by atoms with Crippen molar-refractivity contribution in [1.82, 2.24) is 4.90 Å². The van der Waals surface area contributed by atoms with Crippen LogP contribution in [0.4, 0.5) is 0 Å². The van der Waals surface area contributed by atoms with Crippen LogP contribution in [0.1, 0.15) is 23.6 Å². The number of benzene rings is 3.